The molecule has 15 atom stereocenters. The summed E-state index contributed by atoms with van der Waals surface area (Å²) in [6, 6.07) is 0. The molecule has 0 spiro atoms. The molecule has 0 saturated carbocycles. The maximum absolute atomic E-state index is 7.23. The summed E-state index contributed by atoms with van der Waals surface area (Å²) in [5.41, 5.74) is 0. The Hall–Kier alpha value is -0.640. The predicted octanol–water partition coefficient (Wildman–Crippen LogP) is 11.3. The van der Waals surface area contributed by atoms with Crippen LogP contribution in [0.2, 0.25) is 0 Å². The van der Waals surface area contributed by atoms with Gasteiger partial charge < -0.3 is 75.8 Å². The fraction of sp³-hybridized carbons (Fsp3) is 1.00. The van der Waals surface area contributed by atoms with Gasteiger partial charge in [0.2, 0.25) is 0 Å². The van der Waals surface area contributed by atoms with Crippen LogP contribution in [0.15, 0.2) is 0 Å². The quantitative estimate of drug-likeness (QED) is 0.0571. The molecule has 3 aliphatic rings. The highest BCUT2D eigenvalue weighted by atomic mass is 16.8. The minimum absolute atomic E-state index is 0.0788. The summed E-state index contributed by atoms with van der Waals surface area (Å²) in [4.78, 5) is 0. The summed E-state index contributed by atoms with van der Waals surface area (Å²) in [5, 5.41) is 0. The molecule has 79 heavy (non-hydrogen) atoms. The van der Waals surface area contributed by atoms with Crippen molar-refractivity contribution >= 4 is 0 Å². The molecular weight excluding hydrogens is 1010 g/mol. The first-order chi connectivity index (χ1) is 37.3. The van der Waals surface area contributed by atoms with Crippen LogP contribution in [-0.4, -0.2) is 185 Å². The third kappa shape index (κ3) is 27.5. The van der Waals surface area contributed by atoms with Gasteiger partial charge in [-0.3, -0.25) is 0 Å². The highest BCUT2D eigenvalue weighted by Crippen LogP contribution is 2.36. The first-order valence-corrected chi connectivity index (χ1v) is 31.2. The van der Waals surface area contributed by atoms with Crippen LogP contribution in [0.1, 0.15) is 159 Å². The van der Waals surface area contributed by atoms with E-state index < -0.39 is 92.1 Å². The van der Waals surface area contributed by atoms with E-state index in [1.165, 1.54) is 0 Å². The first-order valence-electron chi connectivity index (χ1n) is 31.2. The van der Waals surface area contributed by atoms with Crippen LogP contribution in [0, 0.1) is 65.1 Å². The lowest BCUT2D eigenvalue weighted by molar-refractivity contribution is -0.352. The van der Waals surface area contributed by atoms with Crippen molar-refractivity contribution in [3.63, 3.8) is 0 Å². The van der Waals surface area contributed by atoms with Gasteiger partial charge in [0.15, 0.2) is 18.9 Å². The van der Waals surface area contributed by atoms with Crippen molar-refractivity contribution in [1.29, 1.82) is 0 Å². The van der Waals surface area contributed by atoms with Gasteiger partial charge in [0.1, 0.15) is 67.1 Å². The van der Waals surface area contributed by atoms with Crippen molar-refractivity contribution in [2.75, 3.05) is 92.5 Å². The molecule has 0 amide bonds. The fourth-order valence-electron chi connectivity index (χ4n) is 9.17. The Bertz CT molecular complexity index is 1510. The monoisotopic (exact) mass is 1130 g/mol. The van der Waals surface area contributed by atoms with E-state index in [0.717, 1.165) is 0 Å². The zero-order valence-corrected chi connectivity index (χ0v) is 54.1. The summed E-state index contributed by atoms with van der Waals surface area (Å²) in [5.74, 6) is 2.89. The van der Waals surface area contributed by atoms with Crippen LogP contribution in [0.25, 0.3) is 0 Å². The van der Waals surface area contributed by atoms with E-state index in [0.29, 0.717) is 97.5 Å². The third-order valence-electron chi connectivity index (χ3n) is 12.8. The predicted molar refractivity (Wildman–Crippen MR) is 310 cm³/mol. The lowest BCUT2D eigenvalue weighted by Gasteiger charge is -2.49. The highest BCUT2D eigenvalue weighted by Gasteiger charge is 2.54. The van der Waals surface area contributed by atoms with E-state index in [-0.39, 0.29) is 66.5 Å². The number of hydrogen-bond donors (Lipinski definition) is 0. The van der Waals surface area contributed by atoms with Crippen LogP contribution in [0.3, 0.4) is 0 Å². The minimum Gasteiger partial charge on any atom is -0.378 e. The van der Waals surface area contributed by atoms with Gasteiger partial charge in [-0.05, 0) is 71.5 Å². The van der Waals surface area contributed by atoms with Crippen molar-refractivity contribution in [3.05, 3.63) is 0 Å². The van der Waals surface area contributed by atoms with Crippen molar-refractivity contribution in [2.45, 2.75) is 251 Å². The van der Waals surface area contributed by atoms with Crippen LogP contribution >= 0.6 is 0 Å². The van der Waals surface area contributed by atoms with Gasteiger partial charge in [-0.15, -0.1) is 0 Å². The van der Waals surface area contributed by atoms with Crippen LogP contribution in [0.5, 0.6) is 0 Å². The first kappa shape index (κ1) is 72.6. The Morgan fingerprint density at radius 3 is 0.797 bits per heavy atom. The highest BCUT2D eigenvalue weighted by molar-refractivity contribution is 4.97. The summed E-state index contributed by atoms with van der Waals surface area (Å²) in [7, 11) is 0. The SMILES string of the molecule is CC(C)COC[C@H]1O[C@H](OCC[C@H]2O[C@H](OC[C@H]3O[C@H](OCC(C)C)[C@H](OCC(C)C)[C@@H](OCC(C)C)[C@@H]3OCC(C)C)[C@H](OCC(C)C)[C@@H](OCC(C)C)[C@@H]2OCC(C)C)[C@H](OCC(C)C)[C@@H](OCC(C)C)[C@@H]1OCC(C)C. The molecule has 3 aliphatic heterocycles. The normalized spacial score (nSPS) is 30.3. The van der Waals surface area contributed by atoms with Gasteiger partial charge in [0, 0.05) is 66.1 Å². The standard InChI is InChI=1S/C63H122O16/c1-38(2)25-64-36-50-53(67-27-40(5)6)56(70-30-43(11)12)58(72-32-45(15)16)61(78-50)65-24-23-49-52(66-26-39(3)4)55(69-29-42(9)10)59(73-33-46(17)18)63(77-49)76-37-51-54(68-28-41(7)8)57(71-31-44(13)14)60(74-34-47(19)20)62(79-51)75-35-48(21)22/h38-63H,23-37H2,1-22H3/t49-,50-,51-,52-,53-,54-,55+,56+,57+,58-,59-,60-,61+,62+,63+/m1/s1. The van der Waals surface area contributed by atoms with E-state index >= 15 is 0 Å². The van der Waals surface area contributed by atoms with Gasteiger partial charge in [-0.1, -0.05) is 152 Å². The smallest absolute Gasteiger partial charge is 0.186 e. The van der Waals surface area contributed by atoms with E-state index in [1.54, 1.807) is 0 Å². The third-order valence-corrected chi connectivity index (χ3v) is 12.8. The van der Waals surface area contributed by atoms with E-state index in [2.05, 4.69) is 152 Å². The Balaban J connectivity index is 2.15. The lowest BCUT2D eigenvalue weighted by Crippen LogP contribution is -2.64. The van der Waals surface area contributed by atoms with E-state index in [9.17, 15) is 0 Å². The number of ether oxygens (including phenoxy) is 16. The van der Waals surface area contributed by atoms with Gasteiger partial charge >= 0.3 is 0 Å². The molecule has 3 fully saturated rings. The van der Waals surface area contributed by atoms with Crippen molar-refractivity contribution in [3.8, 4) is 0 Å². The maximum atomic E-state index is 7.23. The molecule has 0 N–H and O–H groups in total. The molecule has 0 radical (unpaired) electrons. The topological polar surface area (TPSA) is 148 Å². The average Bonchev–Trinajstić information content (AvgIpc) is 3.45. The van der Waals surface area contributed by atoms with Gasteiger partial charge in [0.05, 0.1) is 32.5 Å². The second kappa shape index (κ2) is 38.4. The summed E-state index contributed by atoms with van der Waals surface area (Å²) in [6.45, 7) is 53.3. The maximum Gasteiger partial charge on any atom is 0.186 e. The summed E-state index contributed by atoms with van der Waals surface area (Å²) in [6.07, 6.45) is -8.61. The molecule has 0 aliphatic carbocycles. The fourth-order valence-corrected chi connectivity index (χ4v) is 9.17. The second-order valence-corrected chi connectivity index (χ2v) is 27.5. The lowest BCUT2D eigenvalue weighted by atomic mass is 9.95. The Labute approximate surface area is 482 Å². The Morgan fingerprint density at radius 2 is 0.468 bits per heavy atom. The van der Waals surface area contributed by atoms with Crippen molar-refractivity contribution in [1.82, 2.24) is 0 Å². The zero-order chi connectivity index (χ0) is 58.9. The Morgan fingerprint density at radius 1 is 0.228 bits per heavy atom. The Kier molecular flexibility index (Phi) is 35.3. The van der Waals surface area contributed by atoms with Crippen molar-refractivity contribution in [2.24, 2.45) is 65.1 Å². The summed E-state index contributed by atoms with van der Waals surface area (Å²) >= 11 is 0. The van der Waals surface area contributed by atoms with E-state index in [4.69, 9.17) is 75.8 Å². The van der Waals surface area contributed by atoms with Crippen LogP contribution < -0.4 is 0 Å². The molecule has 0 aromatic rings. The minimum atomic E-state index is -0.905. The molecule has 3 saturated heterocycles. The zero-order valence-electron chi connectivity index (χ0n) is 54.1. The number of rotatable bonds is 41. The largest absolute Gasteiger partial charge is 0.378 e. The molecule has 0 aromatic carbocycles. The molecule has 0 bridgehead atoms. The molecule has 0 unspecified atom stereocenters. The number of hydrogen-bond acceptors (Lipinski definition) is 16. The van der Waals surface area contributed by atoms with E-state index in [1.807, 2.05) is 0 Å². The molecule has 3 rings (SSSR count). The molecule has 3 heterocycles. The molecule has 0 aromatic heterocycles. The van der Waals surface area contributed by atoms with Crippen LogP contribution in [-0.2, 0) is 75.8 Å². The van der Waals surface area contributed by atoms with Crippen molar-refractivity contribution < 1.29 is 75.8 Å². The second-order valence-electron chi connectivity index (χ2n) is 27.5. The summed E-state index contributed by atoms with van der Waals surface area (Å²) < 4.78 is 110. The van der Waals surface area contributed by atoms with Gasteiger partial charge in [0.25, 0.3) is 0 Å². The van der Waals surface area contributed by atoms with Gasteiger partial charge in [-0.2, -0.15) is 0 Å². The molecular formula is C63H122O16. The molecule has 470 valence electrons. The average molecular weight is 1140 g/mol. The van der Waals surface area contributed by atoms with Crippen LogP contribution in [0.4, 0.5) is 0 Å². The molecule has 16 heteroatoms. The van der Waals surface area contributed by atoms with Gasteiger partial charge in [-0.25, -0.2) is 0 Å². The molecule has 16 nitrogen and oxygen atoms in total.